The normalized spacial score (nSPS) is 14.8. The first-order valence-corrected chi connectivity index (χ1v) is 7.22. The molecule has 0 bridgehead atoms. The molecule has 0 fully saturated rings. The predicted molar refractivity (Wildman–Crippen MR) is 78.7 cm³/mol. The molecule has 106 valence electrons. The van der Waals surface area contributed by atoms with Crippen molar-refractivity contribution < 1.29 is 4.74 Å². The van der Waals surface area contributed by atoms with Crippen molar-refractivity contribution in [1.82, 2.24) is 14.9 Å². The molecule has 4 heteroatoms. The molecule has 0 spiro atoms. The van der Waals surface area contributed by atoms with Crippen molar-refractivity contribution in [2.45, 2.75) is 26.4 Å². The number of rotatable bonds is 6. The number of fused-ring (bicyclic) bond motifs is 1. The molecule has 1 unspecified atom stereocenters. The summed E-state index contributed by atoms with van der Waals surface area (Å²) in [6, 6.07) is 6.50. The summed E-state index contributed by atoms with van der Waals surface area (Å²) in [4.78, 5) is 4.07. The van der Waals surface area contributed by atoms with Gasteiger partial charge in [-0.1, -0.05) is 19.1 Å². The lowest BCUT2D eigenvalue weighted by molar-refractivity contribution is 0.357. The minimum Gasteiger partial charge on any atom is -0.493 e. The van der Waals surface area contributed by atoms with Gasteiger partial charge in [-0.05, 0) is 29.7 Å². The number of hydrogen-bond donors (Lipinski definition) is 1. The third kappa shape index (κ3) is 3.20. The van der Waals surface area contributed by atoms with Gasteiger partial charge >= 0.3 is 0 Å². The number of nitrogens with one attached hydrogen (secondary N) is 1. The zero-order chi connectivity index (χ0) is 13.8. The van der Waals surface area contributed by atoms with Crippen LogP contribution in [0.1, 0.15) is 18.1 Å². The van der Waals surface area contributed by atoms with Gasteiger partial charge in [-0.2, -0.15) is 0 Å². The highest BCUT2D eigenvalue weighted by Crippen LogP contribution is 2.25. The molecule has 1 aromatic heterocycles. The van der Waals surface area contributed by atoms with Crippen LogP contribution in [0, 0.1) is 5.92 Å². The lowest BCUT2D eigenvalue weighted by atomic mass is 10.1. The second-order valence-electron chi connectivity index (χ2n) is 5.54. The summed E-state index contributed by atoms with van der Waals surface area (Å²) in [7, 11) is 0. The zero-order valence-electron chi connectivity index (χ0n) is 11.9. The number of imidazole rings is 1. The average molecular weight is 271 g/mol. The molecular formula is C16H21N3O. The smallest absolute Gasteiger partial charge is 0.122 e. The molecule has 1 aliphatic rings. The van der Waals surface area contributed by atoms with Gasteiger partial charge in [0.25, 0.3) is 0 Å². The molecule has 1 aromatic carbocycles. The van der Waals surface area contributed by atoms with E-state index in [0.717, 1.165) is 38.4 Å². The Kier molecular flexibility index (Phi) is 4.02. The van der Waals surface area contributed by atoms with Crippen LogP contribution in [-0.2, 0) is 19.5 Å². The summed E-state index contributed by atoms with van der Waals surface area (Å²) >= 11 is 0. The molecule has 0 amide bonds. The molecule has 1 N–H and O–H groups in total. The number of benzene rings is 1. The van der Waals surface area contributed by atoms with E-state index >= 15 is 0 Å². The summed E-state index contributed by atoms with van der Waals surface area (Å²) in [5.41, 5.74) is 2.68. The van der Waals surface area contributed by atoms with Crippen LogP contribution in [0.3, 0.4) is 0 Å². The Bertz CT molecular complexity index is 551. The lowest BCUT2D eigenvalue weighted by Crippen LogP contribution is -2.23. The van der Waals surface area contributed by atoms with Crippen LogP contribution in [0.5, 0.6) is 5.75 Å². The van der Waals surface area contributed by atoms with E-state index in [1.165, 1.54) is 11.1 Å². The third-order valence-corrected chi connectivity index (χ3v) is 3.66. The van der Waals surface area contributed by atoms with Gasteiger partial charge in [0.1, 0.15) is 5.75 Å². The van der Waals surface area contributed by atoms with Crippen molar-refractivity contribution in [3.8, 4) is 5.75 Å². The Labute approximate surface area is 119 Å². The van der Waals surface area contributed by atoms with Crippen molar-refractivity contribution in [1.29, 1.82) is 0 Å². The molecule has 2 heterocycles. The molecule has 4 nitrogen and oxygen atoms in total. The zero-order valence-corrected chi connectivity index (χ0v) is 11.9. The van der Waals surface area contributed by atoms with Gasteiger partial charge in [-0.15, -0.1) is 0 Å². The van der Waals surface area contributed by atoms with Gasteiger partial charge in [0, 0.05) is 31.9 Å². The largest absolute Gasteiger partial charge is 0.493 e. The van der Waals surface area contributed by atoms with Gasteiger partial charge in [-0.25, -0.2) is 4.98 Å². The van der Waals surface area contributed by atoms with Crippen LogP contribution < -0.4 is 10.1 Å². The summed E-state index contributed by atoms with van der Waals surface area (Å²) in [6.45, 7) is 6.01. The van der Waals surface area contributed by atoms with E-state index in [0.29, 0.717) is 5.92 Å². The average Bonchev–Trinajstić information content (AvgIpc) is 3.09. The van der Waals surface area contributed by atoms with Crippen LogP contribution >= 0.6 is 0 Å². The fourth-order valence-electron chi connectivity index (χ4n) is 2.63. The minimum absolute atomic E-state index is 0.585. The summed E-state index contributed by atoms with van der Waals surface area (Å²) in [5.74, 6) is 1.64. The van der Waals surface area contributed by atoms with Crippen molar-refractivity contribution in [2.75, 3.05) is 13.2 Å². The molecule has 0 radical (unpaired) electrons. The fraction of sp³-hybridized carbons (Fsp3) is 0.438. The van der Waals surface area contributed by atoms with Crippen molar-refractivity contribution >= 4 is 0 Å². The SMILES string of the molecule is CC(CNCc1ccc2c(c1)CCO2)Cn1ccnc1. The quantitative estimate of drug-likeness (QED) is 0.876. The highest BCUT2D eigenvalue weighted by atomic mass is 16.5. The van der Waals surface area contributed by atoms with Gasteiger partial charge in [0.05, 0.1) is 12.9 Å². The standard InChI is InChI=1S/C16H21N3O/c1-13(11-19-6-5-17-12-19)9-18-10-14-2-3-16-15(8-14)4-7-20-16/h2-3,5-6,8,12-13,18H,4,7,9-11H2,1H3. The maximum atomic E-state index is 5.53. The predicted octanol–water partition coefficient (Wildman–Crippen LogP) is 2.24. The van der Waals surface area contributed by atoms with Crippen LogP contribution in [0.15, 0.2) is 36.9 Å². The van der Waals surface area contributed by atoms with Crippen LogP contribution in [-0.4, -0.2) is 22.7 Å². The van der Waals surface area contributed by atoms with Crippen molar-refractivity contribution in [3.05, 3.63) is 48.0 Å². The monoisotopic (exact) mass is 271 g/mol. The maximum Gasteiger partial charge on any atom is 0.122 e. The van der Waals surface area contributed by atoms with Crippen molar-refractivity contribution in [3.63, 3.8) is 0 Å². The molecule has 3 rings (SSSR count). The maximum absolute atomic E-state index is 5.53. The molecule has 1 atom stereocenters. The van der Waals surface area contributed by atoms with E-state index in [4.69, 9.17) is 4.74 Å². The lowest BCUT2D eigenvalue weighted by Gasteiger charge is -2.13. The Balaban J connectivity index is 1.45. The van der Waals surface area contributed by atoms with Crippen LogP contribution in [0.4, 0.5) is 0 Å². The summed E-state index contributed by atoms with van der Waals surface area (Å²) in [6.07, 6.45) is 6.75. The Morgan fingerprint density at radius 3 is 3.25 bits per heavy atom. The van der Waals surface area contributed by atoms with Crippen LogP contribution in [0.25, 0.3) is 0 Å². The number of ether oxygens (including phenoxy) is 1. The highest BCUT2D eigenvalue weighted by molar-refractivity contribution is 5.39. The van der Waals surface area contributed by atoms with Gasteiger partial charge in [0.15, 0.2) is 0 Å². The highest BCUT2D eigenvalue weighted by Gasteiger charge is 2.11. The second-order valence-corrected chi connectivity index (χ2v) is 5.54. The summed E-state index contributed by atoms with van der Waals surface area (Å²) in [5, 5.41) is 3.53. The Morgan fingerprint density at radius 1 is 1.45 bits per heavy atom. The number of aromatic nitrogens is 2. The number of nitrogens with zero attached hydrogens (tertiary/aromatic N) is 2. The Hall–Kier alpha value is -1.81. The first kappa shape index (κ1) is 13.2. The van der Waals surface area contributed by atoms with E-state index in [1.807, 2.05) is 18.7 Å². The topological polar surface area (TPSA) is 39.1 Å². The first-order valence-electron chi connectivity index (χ1n) is 7.22. The van der Waals surface area contributed by atoms with E-state index in [-0.39, 0.29) is 0 Å². The Morgan fingerprint density at radius 2 is 2.40 bits per heavy atom. The van der Waals surface area contributed by atoms with Gasteiger partial charge in [-0.3, -0.25) is 0 Å². The van der Waals surface area contributed by atoms with Crippen molar-refractivity contribution in [2.24, 2.45) is 5.92 Å². The fourth-order valence-corrected chi connectivity index (χ4v) is 2.63. The van der Waals surface area contributed by atoms with E-state index in [9.17, 15) is 0 Å². The van der Waals surface area contributed by atoms with E-state index in [2.05, 4.69) is 40.0 Å². The molecule has 2 aromatic rings. The summed E-state index contributed by atoms with van der Waals surface area (Å²) < 4.78 is 7.65. The third-order valence-electron chi connectivity index (χ3n) is 3.66. The molecule has 20 heavy (non-hydrogen) atoms. The molecule has 0 aliphatic carbocycles. The van der Waals surface area contributed by atoms with Crippen LogP contribution in [0.2, 0.25) is 0 Å². The first-order chi connectivity index (χ1) is 9.81. The van der Waals surface area contributed by atoms with E-state index in [1.54, 1.807) is 0 Å². The van der Waals surface area contributed by atoms with Gasteiger partial charge < -0.3 is 14.6 Å². The molecule has 1 aliphatic heterocycles. The molecular weight excluding hydrogens is 250 g/mol. The molecule has 0 saturated heterocycles. The second kappa shape index (κ2) is 6.09. The van der Waals surface area contributed by atoms with Gasteiger partial charge in [0.2, 0.25) is 0 Å². The minimum atomic E-state index is 0.585. The number of hydrogen-bond acceptors (Lipinski definition) is 3. The molecule has 0 saturated carbocycles. The van der Waals surface area contributed by atoms with E-state index < -0.39 is 0 Å².